The van der Waals surface area contributed by atoms with Crippen molar-refractivity contribution < 1.29 is 18.7 Å². The van der Waals surface area contributed by atoms with E-state index in [1.165, 1.54) is 0 Å². The molecule has 0 aliphatic heterocycles. The average Bonchev–Trinajstić information content (AvgIpc) is 3.47. The van der Waals surface area contributed by atoms with Crippen molar-refractivity contribution in [1.82, 2.24) is 19.8 Å². The molecule has 0 amide bonds. The van der Waals surface area contributed by atoms with Gasteiger partial charge in [0, 0.05) is 18.8 Å². The Balaban J connectivity index is 1.72. The summed E-state index contributed by atoms with van der Waals surface area (Å²) in [7, 11) is 3.22. The molecule has 0 fully saturated rings. The van der Waals surface area contributed by atoms with E-state index in [4.69, 9.17) is 19.0 Å². The van der Waals surface area contributed by atoms with Gasteiger partial charge < -0.3 is 13.9 Å². The number of carbonyl (C=O) groups excluding carboxylic acids is 1. The smallest absolute Gasteiger partial charge is 0.185 e. The number of benzene rings is 1. The van der Waals surface area contributed by atoms with Crippen molar-refractivity contribution in [3.63, 3.8) is 0 Å². The third-order valence-corrected chi connectivity index (χ3v) is 5.96. The third kappa shape index (κ3) is 3.14. The monoisotopic (exact) mass is 432 g/mol. The Morgan fingerprint density at radius 1 is 1.09 bits per heavy atom. The molecular formula is C24H24N4O4. The molecule has 0 radical (unpaired) electrons. The van der Waals surface area contributed by atoms with E-state index in [0.29, 0.717) is 35.7 Å². The van der Waals surface area contributed by atoms with E-state index < -0.39 is 0 Å². The molecule has 8 nitrogen and oxygen atoms in total. The first kappa shape index (κ1) is 20.2. The van der Waals surface area contributed by atoms with Crippen molar-refractivity contribution in [3.05, 3.63) is 59.4 Å². The van der Waals surface area contributed by atoms with Gasteiger partial charge in [0.2, 0.25) is 0 Å². The first-order chi connectivity index (χ1) is 15.5. The number of nitrogens with zero attached hydrogens (tertiary/aromatic N) is 4. The van der Waals surface area contributed by atoms with E-state index in [9.17, 15) is 4.79 Å². The van der Waals surface area contributed by atoms with Crippen molar-refractivity contribution in [2.45, 2.75) is 38.5 Å². The van der Waals surface area contributed by atoms with Gasteiger partial charge in [-0.05, 0) is 35.7 Å². The maximum Gasteiger partial charge on any atom is 0.185 e. The fraction of sp³-hybridized carbons (Fsp3) is 0.333. The van der Waals surface area contributed by atoms with Gasteiger partial charge >= 0.3 is 0 Å². The zero-order valence-electron chi connectivity index (χ0n) is 18.5. The Bertz CT molecular complexity index is 1310. The number of rotatable bonds is 5. The summed E-state index contributed by atoms with van der Waals surface area (Å²) < 4.78 is 18.3. The van der Waals surface area contributed by atoms with Gasteiger partial charge in [-0.1, -0.05) is 19.9 Å². The molecule has 32 heavy (non-hydrogen) atoms. The second-order valence-electron chi connectivity index (χ2n) is 8.26. The van der Waals surface area contributed by atoms with Crippen LogP contribution in [0.15, 0.2) is 41.0 Å². The van der Waals surface area contributed by atoms with Gasteiger partial charge in [-0.25, -0.2) is 4.52 Å². The first-order valence-corrected chi connectivity index (χ1v) is 10.6. The molecule has 1 aromatic carbocycles. The normalized spacial score (nSPS) is 15.9. The highest BCUT2D eigenvalue weighted by atomic mass is 16.5. The number of aromatic nitrogens is 4. The molecule has 8 heteroatoms. The molecule has 0 saturated carbocycles. The Morgan fingerprint density at radius 3 is 2.59 bits per heavy atom. The van der Waals surface area contributed by atoms with Crippen molar-refractivity contribution in [2.75, 3.05) is 14.2 Å². The lowest BCUT2D eigenvalue weighted by atomic mass is 9.87. The number of Topliss-reactive ketones (excluding diaryl/α,β-unsaturated/α-hetero) is 1. The molecule has 3 heterocycles. The van der Waals surface area contributed by atoms with E-state index in [1.807, 2.05) is 30.3 Å². The standard InChI is InChI=1S/C24H24N4O4/c1-13(2)22-21(14-7-8-19(30-3)20(12-14)31-4)24-26-25-23-16(28(24)27-22)10-15(11-17(23)29)18-6-5-9-32-18/h5-9,12-13,15H,10-11H2,1-4H3/t15-/m1/s1. The quantitative estimate of drug-likeness (QED) is 0.460. The van der Waals surface area contributed by atoms with E-state index in [1.54, 1.807) is 25.0 Å². The molecule has 0 N–H and O–H groups in total. The number of methoxy groups -OCH3 is 2. The Morgan fingerprint density at radius 2 is 1.91 bits per heavy atom. The topological polar surface area (TPSA) is 91.8 Å². The molecule has 4 aromatic rings. The molecule has 0 bridgehead atoms. The second kappa shape index (κ2) is 7.78. The maximum absolute atomic E-state index is 12.9. The van der Waals surface area contributed by atoms with Crippen molar-refractivity contribution in [2.24, 2.45) is 0 Å². The number of furan rings is 1. The van der Waals surface area contributed by atoms with Crippen LogP contribution in [-0.4, -0.2) is 39.8 Å². The molecule has 1 aliphatic rings. The minimum atomic E-state index is -0.0476. The minimum Gasteiger partial charge on any atom is -0.493 e. The number of hydrogen-bond donors (Lipinski definition) is 0. The minimum absolute atomic E-state index is 0.0451. The van der Waals surface area contributed by atoms with E-state index >= 15 is 0 Å². The van der Waals surface area contributed by atoms with Gasteiger partial charge in [-0.15, -0.1) is 10.2 Å². The van der Waals surface area contributed by atoms with Gasteiger partial charge in [0.25, 0.3) is 0 Å². The van der Waals surface area contributed by atoms with Crippen LogP contribution in [-0.2, 0) is 6.42 Å². The number of ether oxygens (including phenoxy) is 2. The van der Waals surface area contributed by atoms with Crippen LogP contribution in [0.25, 0.3) is 16.8 Å². The van der Waals surface area contributed by atoms with Crippen LogP contribution in [0.3, 0.4) is 0 Å². The summed E-state index contributed by atoms with van der Waals surface area (Å²) in [6, 6.07) is 9.49. The van der Waals surface area contributed by atoms with Gasteiger partial charge in [0.05, 0.1) is 37.4 Å². The Labute approximate surface area is 185 Å². The maximum atomic E-state index is 12.9. The van der Waals surface area contributed by atoms with Crippen LogP contribution in [0.4, 0.5) is 0 Å². The molecule has 0 saturated heterocycles. The van der Waals surface area contributed by atoms with Crippen LogP contribution in [0.2, 0.25) is 0 Å². The number of carbonyl (C=O) groups is 1. The van der Waals surface area contributed by atoms with Gasteiger partial charge in [0.15, 0.2) is 28.6 Å². The highest BCUT2D eigenvalue weighted by molar-refractivity contribution is 5.97. The molecule has 0 spiro atoms. The summed E-state index contributed by atoms with van der Waals surface area (Å²) in [5.41, 5.74) is 4.43. The Hall–Kier alpha value is -3.68. The lowest BCUT2D eigenvalue weighted by molar-refractivity contribution is 0.0951. The van der Waals surface area contributed by atoms with Gasteiger partial charge in [-0.3, -0.25) is 4.79 Å². The Kier molecular flexibility index (Phi) is 4.92. The number of ketones is 1. The van der Waals surface area contributed by atoms with Crippen molar-refractivity contribution >= 4 is 11.4 Å². The number of fused-ring (bicyclic) bond motifs is 3. The van der Waals surface area contributed by atoms with E-state index in [-0.39, 0.29) is 17.6 Å². The van der Waals surface area contributed by atoms with Crippen molar-refractivity contribution in [3.8, 4) is 22.6 Å². The zero-order valence-corrected chi connectivity index (χ0v) is 18.5. The summed E-state index contributed by atoms with van der Waals surface area (Å²) in [6.45, 7) is 4.17. The first-order valence-electron chi connectivity index (χ1n) is 10.6. The molecule has 1 aliphatic carbocycles. The highest BCUT2D eigenvalue weighted by Crippen LogP contribution is 2.39. The van der Waals surface area contributed by atoms with E-state index in [0.717, 1.165) is 28.3 Å². The summed E-state index contributed by atoms with van der Waals surface area (Å²) in [5, 5.41) is 13.7. The fourth-order valence-corrected chi connectivity index (χ4v) is 4.38. The van der Waals surface area contributed by atoms with E-state index in [2.05, 4.69) is 24.0 Å². The molecular weight excluding hydrogens is 408 g/mol. The number of hydrogen-bond acceptors (Lipinski definition) is 7. The summed E-state index contributed by atoms with van der Waals surface area (Å²) in [4.78, 5) is 12.9. The molecule has 5 rings (SSSR count). The molecule has 164 valence electrons. The lowest BCUT2D eigenvalue weighted by Crippen LogP contribution is -2.24. The SMILES string of the molecule is COc1ccc(-c2c(C(C)C)nn3c4c(nnc23)C(=O)C[C@H](c2ccco2)C4)cc1OC. The van der Waals surface area contributed by atoms with Crippen LogP contribution < -0.4 is 9.47 Å². The van der Waals surface area contributed by atoms with Gasteiger partial charge in [-0.2, -0.15) is 5.10 Å². The van der Waals surface area contributed by atoms with Gasteiger partial charge in [0.1, 0.15) is 5.76 Å². The summed E-state index contributed by atoms with van der Waals surface area (Å²) in [5.74, 6) is 2.11. The average molecular weight is 432 g/mol. The van der Waals surface area contributed by atoms with Crippen LogP contribution in [0.5, 0.6) is 11.5 Å². The zero-order chi connectivity index (χ0) is 22.4. The second-order valence-corrected chi connectivity index (χ2v) is 8.26. The van der Waals surface area contributed by atoms with Crippen LogP contribution in [0, 0.1) is 0 Å². The molecule has 3 aromatic heterocycles. The van der Waals surface area contributed by atoms with Crippen LogP contribution >= 0.6 is 0 Å². The molecule has 0 unspecified atom stereocenters. The highest BCUT2D eigenvalue weighted by Gasteiger charge is 2.33. The summed E-state index contributed by atoms with van der Waals surface area (Å²) in [6.07, 6.45) is 2.59. The molecule has 1 atom stereocenters. The van der Waals surface area contributed by atoms with Crippen molar-refractivity contribution in [1.29, 1.82) is 0 Å². The third-order valence-electron chi connectivity index (χ3n) is 5.96. The predicted molar refractivity (Wildman–Crippen MR) is 118 cm³/mol. The summed E-state index contributed by atoms with van der Waals surface area (Å²) >= 11 is 0. The van der Waals surface area contributed by atoms with Crippen LogP contribution in [0.1, 0.15) is 59.7 Å². The predicted octanol–water partition coefficient (Wildman–Crippen LogP) is 4.44. The lowest BCUT2D eigenvalue weighted by Gasteiger charge is -2.21. The fourth-order valence-electron chi connectivity index (χ4n) is 4.38. The largest absolute Gasteiger partial charge is 0.493 e.